The van der Waals surface area contributed by atoms with E-state index in [1.807, 2.05) is 13.8 Å². The van der Waals surface area contributed by atoms with Crippen molar-refractivity contribution in [2.75, 3.05) is 38.3 Å². The molecule has 0 aromatic rings. The van der Waals surface area contributed by atoms with Crippen LogP contribution in [0.15, 0.2) is 0 Å². The third-order valence-corrected chi connectivity index (χ3v) is 5.74. The highest BCUT2D eigenvalue weighted by atomic mass is 32.1. The molecule has 0 heterocycles. The number of hydrogen-bond acceptors (Lipinski definition) is 14. The van der Waals surface area contributed by atoms with Crippen LogP contribution in [0.1, 0.15) is 46.5 Å². The number of esters is 2. The van der Waals surface area contributed by atoms with Crippen molar-refractivity contribution in [3.8, 4) is 0 Å². The van der Waals surface area contributed by atoms with Gasteiger partial charge >= 0.3 is 23.9 Å². The minimum Gasteiger partial charge on any atom is -0.480 e. The summed E-state index contributed by atoms with van der Waals surface area (Å²) in [5.74, 6) is -5.82. The maximum absolute atomic E-state index is 11.8. The lowest BCUT2D eigenvalue weighted by molar-refractivity contribution is -0.143. The molecule has 0 aliphatic heterocycles. The largest absolute Gasteiger partial charge is 0.480 e. The lowest BCUT2D eigenvalue weighted by Crippen LogP contribution is -2.49. The number of carbonyl (C=O) groups excluding carboxylic acids is 6. The Kier molecular flexibility index (Phi) is 28.4. The molecule has 0 aliphatic carbocycles. The van der Waals surface area contributed by atoms with Gasteiger partial charge in [0.25, 0.3) is 0 Å². The van der Waals surface area contributed by atoms with Crippen LogP contribution >= 0.6 is 25.3 Å². The first kappa shape index (κ1) is 45.8. The van der Waals surface area contributed by atoms with Crippen LogP contribution in [-0.2, 0) is 47.8 Å². The van der Waals surface area contributed by atoms with Crippen molar-refractivity contribution >= 4 is 72.8 Å². The average Bonchev–Trinajstić information content (AvgIpc) is 3.02. The Bertz CT molecular complexity index is 973. The first-order valence-corrected chi connectivity index (χ1v) is 14.9. The highest BCUT2D eigenvalue weighted by Crippen LogP contribution is 1.98. The molecule has 4 atom stereocenters. The maximum Gasteiger partial charge on any atom is 0.325 e. The molecule has 260 valence electrons. The number of methoxy groups -OCH3 is 1. The number of rotatable bonds is 19. The van der Waals surface area contributed by atoms with Crippen LogP contribution in [0.5, 0.6) is 0 Å². The molecule has 4 amide bonds. The molecule has 0 spiro atoms. The minimum atomic E-state index is -1.20. The molecular formula is C25H46N6O12S2. The summed E-state index contributed by atoms with van der Waals surface area (Å²) < 4.78 is 9.00. The molecule has 0 fully saturated rings. The second-order valence-electron chi connectivity index (χ2n) is 8.39. The van der Waals surface area contributed by atoms with Gasteiger partial charge in [-0.2, -0.15) is 25.3 Å². The Morgan fingerprint density at radius 1 is 0.711 bits per heavy atom. The highest BCUT2D eigenvalue weighted by Gasteiger charge is 2.22. The molecular weight excluding hydrogens is 640 g/mol. The molecule has 0 rings (SSSR count). The molecule has 0 bridgehead atoms. The summed E-state index contributed by atoms with van der Waals surface area (Å²) in [6.45, 7) is 5.21. The maximum atomic E-state index is 11.8. The molecule has 10 N–H and O–H groups in total. The van der Waals surface area contributed by atoms with Crippen LogP contribution in [-0.4, -0.2) is 120 Å². The zero-order valence-corrected chi connectivity index (χ0v) is 27.5. The second-order valence-corrected chi connectivity index (χ2v) is 9.12. The minimum absolute atomic E-state index is 0.0176. The van der Waals surface area contributed by atoms with Crippen LogP contribution in [0.2, 0.25) is 0 Å². The molecule has 18 nitrogen and oxygen atoms in total. The van der Waals surface area contributed by atoms with Gasteiger partial charge in [-0.3, -0.25) is 38.4 Å². The second kappa shape index (κ2) is 27.9. The number of aliphatic carboxylic acids is 2. The summed E-state index contributed by atoms with van der Waals surface area (Å²) >= 11 is 7.87. The van der Waals surface area contributed by atoms with Crippen LogP contribution < -0.4 is 32.7 Å². The van der Waals surface area contributed by atoms with Crippen LogP contribution in [0, 0.1) is 0 Å². The van der Waals surface area contributed by atoms with Crippen molar-refractivity contribution in [1.82, 2.24) is 21.3 Å². The quantitative estimate of drug-likeness (QED) is 0.0485. The summed E-state index contributed by atoms with van der Waals surface area (Å²) in [4.78, 5) is 89.6. The van der Waals surface area contributed by atoms with E-state index in [-0.39, 0.29) is 56.9 Å². The van der Waals surface area contributed by atoms with Gasteiger partial charge in [-0.25, -0.2) is 0 Å². The normalized spacial score (nSPS) is 12.4. The van der Waals surface area contributed by atoms with Crippen LogP contribution in [0.25, 0.3) is 0 Å². The van der Waals surface area contributed by atoms with E-state index in [0.29, 0.717) is 0 Å². The summed E-state index contributed by atoms with van der Waals surface area (Å²) in [5, 5.41) is 26.5. The smallest absolute Gasteiger partial charge is 0.325 e. The van der Waals surface area contributed by atoms with Gasteiger partial charge in [0.15, 0.2) is 0 Å². The standard InChI is InChI=1S/C12H21N3O6S.C11H19N3O6S.C2H6/c1-2-21-10(17)5-14-11(18)8(6-22)15-9(16)4-3-7(13)12(19)20;1-20-9(16)4-13-10(17)7(5-21)14-8(15)3-2-6(12)11(18)19;1-2/h7-8,22H,2-6,13H2,1H3,(H,14,18)(H,15,16)(H,19,20);6-7,21H,2-5,12H2,1H3,(H,13,17)(H,14,15)(H,18,19);1-2H3/t7-,8-;6-,7-;/m00./s1. The van der Waals surface area contributed by atoms with Crippen molar-refractivity contribution in [3.63, 3.8) is 0 Å². The Labute approximate surface area is 272 Å². The first-order chi connectivity index (χ1) is 21.1. The summed E-state index contributed by atoms with van der Waals surface area (Å²) in [6.07, 6.45) is -0.375. The van der Waals surface area contributed by atoms with E-state index in [1.54, 1.807) is 6.92 Å². The molecule has 0 aliphatic rings. The van der Waals surface area contributed by atoms with Crippen molar-refractivity contribution < 1.29 is 58.0 Å². The zero-order chi connectivity index (χ0) is 35.5. The molecule has 45 heavy (non-hydrogen) atoms. The van der Waals surface area contributed by atoms with Crippen LogP contribution in [0.4, 0.5) is 0 Å². The predicted molar refractivity (Wildman–Crippen MR) is 167 cm³/mol. The van der Waals surface area contributed by atoms with Gasteiger partial charge in [0, 0.05) is 24.3 Å². The fraction of sp³-hybridized carbons (Fsp3) is 0.680. The predicted octanol–water partition coefficient (Wildman–Crippen LogP) is -2.82. The van der Waals surface area contributed by atoms with Crippen LogP contribution in [0.3, 0.4) is 0 Å². The summed E-state index contributed by atoms with van der Waals surface area (Å²) in [6, 6.07) is -4.16. The molecule has 0 saturated carbocycles. The van der Waals surface area contributed by atoms with E-state index in [0.717, 1.165) is 0 Å². The van der Waals surface area contributed by atoms with Gasteiger partial charge in [-0.15, -0.1) is 0 Å². The highest BCUT2D eigenvalue weighted by molar-refractivity contribution is 7.80. The Balaban J connectivity index is -0.000000743. The molecule has 20 heteroatoms. The SMILES string of the molecule is CC.CCOC(=O)CNC(=O)[C@H](CS)NC(=O)CC[C@H](N)C(=O)O.COC(=O)CNC(=O)[C@H](CS)NC(=O)CC[C@H](N)C(=O)O. The number of carboxylic acids is 2. The number of nitrogens with one attached hydrogen (secondary N) is 4. The number of thiol groups is 2. The lowest BCUT2D eigenvalue weighted by Gasteiger charge is -2.16. The number of hydrogen-bond donors (Lipinski definition) is 10. The van der Waals surface area contributed by atoms with E-state index in [1.165, 1.54) is 7.11 Å². The van der Waals surface area contributed by atoms with Gasteiger partial charge in [-0.1, -0.05) is 13.8 Å². The first-order valence-electron chi connectivity index (χ1n) is 13.7. The molecule has 0 unspecified atom stereocenters. The van der Waals surface area contributed by atoms with Gasteiger partial charge in [0.2, 0.25) is 23.6 Å². The Hall–Kier alpha value is -3.62. The Morgan fingerprint density at radius 2 is 1.07 bits per heavy atom. The number of carboxylic acid groups (broad SMARTS) is 2. The topological polar surface area (TPSA) is 296 Å². The van der Waals surface area contributed by atoms with E-state index >= 15 is 0 Å². The van der Waals surface area contributed by atoms with E-state index < -0.39 is 71.7 Å². The molecule has 0 radical (unpaired) electrons. The molecule has 0 aromatic carbocycles. The molecule has 0 aromatic heterocycles. The van der Waals surface area contributed by atoms with Gasteiger partial charge in [0.05, 0.1) is 13.7 Å². The fourth-order valence-electron chi connectivity index (χ4n) is 2.59. The number of ether oxygens (including phenoxy) is 2. The Morgan fingerprint density at radius 3 is 1.36 bits per heavy atom. The number of nitrogens with two attached hydrogens (primary N) is 2. The van der Waals surface area contributed by atoms with E-state index in [9.17, 15) is 38.4 Å². The van der Waals surface area contributed by atoms with E-state index in [4.69, 9.17) is 21.7 Å². The fourth-order valence-corrected chi connectivity index (χ4v) is 3.10. The lowest BCUT2D eigenvalue weighted by atomic mass is 10.1. The number of amides is 4. The van der Waals surface area contributed by atoms with E-state index in [2.05, 4.69) is 56.0 Å². The summed E-state index contributed by atoms with van der Waals surface area (Å²) in [7, 11) is 1.18. The van der Waals surface area contributed by atoms with Crippen molar-refractivity contribution in [1.29, 1.82) is 0 Å². The van der Waals surface area contributed by atoms with Gasteiger partial charge in [0.1, 0.15) is 37.3 Å². The monoisotopic (exact) mass is 686 g/mol. The average molecular weight is 687 g/mol. The van der Waals surface area contributed by atoms with Crippen molar-refractivity contribution in [2.45, 2.75) is 70.6 Å². The number of carbonyl (C=O) groups is 8. The zero-order valence-electron chi connectivity index (χ0n) is 25.7. The van der Waals surface area contributed by atoms with Crippen molar-refractivity contribution in [2.24, 2.45) is 11.5 Å². The summed E-state index contributed by atoms with van der Waals surface area (Å²) in [5.41, 5.74) is 10.5. The third kappa shape index (κ3) is 24.4. The van der Waals surface area contributed by atoms with Crippen molar-refractivity contribution in [3.05, 3.63) is 0 Å². The van der Waals surface area contributed by atoms with Gasteiger partial charge in [-0.05, 0) is 19.8 Å². The van der Waals surface area contributed by atoms with Gasteiger partial charge < -0.3 is 52.4 Å². The molecule has 0 saturated heterocycles. The third-order valence-electron chi connectivity index (χ3n) is 5.01.